The molecule has 0 fully saturated rings. The number of hydrazine groups is 2. The van der Waals surface area contributed by atoms with Gasteiger partial charge in [-0.2, -0.15) is 0 Å². The highest BCUT2D eigenvalue weighted by Gasteiger charge is 2.23. The van der Waals surface area contributed by atoms with Gasteiger partial charge in [-0.1, -0.05) is 6.07 Å². The minimum absolute atomic E-state index is 0.171. The highest BCUT2D eigenvalue weighted by Crippen LogP contribution is 2.29. The molecule has 9 nitrogen and oxygen atoms in total. The van der Waals surface area contributed by atoms with Gasteiger partial charge in [0.2, 0.25) is 0 Å². The molecule has 1 aliphatic rings. The number of rotatable bonds is 5. The zero-order chi connectivity index (χ0) is 21.3. The zero-order valence-corrected chi connectivity index (χ0v) is 17.9. The Bertz CT molecular complexity index is 1120. The summed E-state index contributed by atoms with van der Waals surface area (Å²) >= 11 is 1.59. The Morgan fingerprint density at radius 3 is 2.77 bits per heavy atom. The van der Waals surface area contributed by atoms with Crippen LogP contribution in [0.3, 0.4) is 0 Å². The second-order valence-corrected chi connectivity index (χ2v) is 8.35. The number of carbonyl (C=O) groups excluding carboxylic acids is 1. The van der Waals surface area contributed by atoms with Gasteiger partial charge in [-0.25, -0.2) is 15.5 Å². The summed E-state index contributed by atoms with van der Waals surface area (Å²) < 4.78 is 0. The summed E-state index contributed by atoms with van der Waals surface area (Å²) in [6.07, 6.45) is 3.52. The molecule has 1 aliphatic heterocycles. The van der Waals surface area contributed by atoms with Gasteiger partial charge >= 0.3 is 0 Å². The summed E-state index contributed by atoms with van der Waals surface area (Å²) in [6, 6.07) is 7.36. The number of carbonyl (C=O) groups is 1. The van der Waals surface area contributed by atoms with Crippen LogP contribution in [0.15, 0.2) is 41.8 Å². The van der Waals surface area contributed by atoms with E-state index in [0.29, 0.717) is 23.0 Å². The first-order valence-electron chi connectivity index (χ1n) is 9.48. The molecule has 0 saturated heterocycles. The fourth-order valence-electron chi connectivity index (χ4n) is 3.00. The van der Waals surface area contributed by atoms with Crippen molar-refractivity contribution in [3.8, 4) is 10.4 Å². The molecule has 1 amide bonds. The molecule has 30 heavy (non-hydrogen) atoms. The monoisotopic (exact) mass is 422 g/mol. The van der Waals surface area contributed by atoms with Gasteiger partial charge in [0.25, 0.3) is 5.91 Å². The van der Waals surface area contributed by atoms with Crippen LogP contribution in [0.4, 0.5) is 5.82 Å². The Hall–Kier alpha value is -3.37. The van der Waals surface area contributed by atoms with Crippen molar-refractivity contribution in [3.05, 3.63) is 58.6 Å². The number of pyridine rings is 2. The second kappa shape index (κ2) is 8.17. The Balaban J connectivity index is 1.56. The molecule has 3 aromatic rings. The van der Waals surface area contributed by atoms with E-state index in [1.54, 1.807) is 29.7 Å². The first-order valence-corrected chi connectivity index (χ1v) is 10.3. The summed E-state index contributed by atoms with van der Waals surface area (Å²) in [5.41, 5.74) is 8.59. The lowest BCUT2D eigenvalue weighted by atomic mass is 10.1. The topological polar surface area (TPSA) is 107 Å². The fourth-order valence-corrected chi connectivity index (χ4v) is 3.86. The smallest absolute Gasteiger partial charge is 0.275 e. The van der Waals surface area contributed by atoms with Crippen LogP contribution in [-0.2, 0) is 0 Å². The molecule has 0 radical (unpaired) electrons. The van der Waals surface area contributed by atoms with Gasteiger partial charge < -0.3 is 5.32 Å². The molecular formula is C20H22N8OS. The maximum atomic E-state index is 12.8. The van der Waals surface area contributed by atoms with Crippen LogP contribution >= 0.6 is 11.3 Å². The minimum Gasteiger partial charge on any atom is -0.305 e. The average molecular weight is 423 g/mol. The van der Waals surface area contributed by atoms with Gasteiger partial charge in [0.05, 0.1) is 9.88 Å². The van der Waals surface area contributed by atoms with Crippen LogP contribution in [-0.4, -0.2) is 37.7 Å². The van der Waals surface area contributed by atoms with Crippen LogP contribution in [0.25, 0.3) is 10.4 Å². The van der Waals surface area contributed by atoms with Gasteiger partial charge in [-0.3, -0.25) is 14.8 Å². The van der Waals surface area contributed by atoms with Crippen LogP contribution in [0.1, 0.15) is 40.6 Å². The Morgan fingerprint density at radius 1 is 1.20 bits per heavy atom. The molecule has 0 atom stereocenters. The lowest BCUT2D eigenvalue weighted by molar-refractivity contribution is 0.102. The minimum atomic E-state index is -0.326. The van der Waals surface area contributed by atoms with E-state index in [-0.39, 0.29) is 11.9 Å². The summed E-state index contributed by atoms with van der Waals surface area (Å²) in [7, 11) is 0. The first kappa shape index (κ1) is 19.9. The average Bonchev–Trinajstić information content (AvgIpc) is 3.38. The number of nitrogens with one attached hydrogen (secondary N) is 3. The summed E-state index contributed by atoms with van der Waals surface area (Å²) in [5, 5.41) is 9.90. The molecule has 3 aromatic heterocycles. The standard InChI is InChI=1S/C20H22N8OS/c1-11(2)28-19(25-26-27-28)15-6-5-7-18(23-15)24-20(29)16-8-14(12(3)9-22-16)17-10-21-13(4)30-17/h5-11,26-27H,1-4H3,(H,23,24,29). The third-order valence-corrected chi connectivity index (χ3v) is 5.47. The van der Waals surface area contributed by atoms with E-state index < -0.39 is 0 Å². The number of amides is 1. The van der Waals surface area contributed by atoms with Crippen LogP contribution < -0.4 is 16.4 Å². The van der Waals surface area contributed by atoms with E-state index >= 15 is 0 Å². The quantitative estimate of drug-likeness (QED) is 0.580. The van der Waals surface area contributed by atoms with E-state index in [4.69, 9.17) is 0 Å². The summed E-state index contributed by atoms with van der Waals surface area (Å²) in [5.74, 6) is 0.748. The number of anilines is 1. The number of thiazole rings is 1. The number of hydrazone groups is 1. The Kier molecular flexibility index (Phi) is 5.42. The van der Waals surface area contributed by atoms with E-state index in [1.807, 2.05) is 51.0 Å². The van der Waals surface area contributed by atoms with Crippen LogP contribution in [0.5, 0.6) is 0 Å². The Labute approximate surface area is 178 Å². The van der Waals surface area contributed by atoms with Crippen molar-refractivity contribution in [2.75, 3.05) is 5.32 Å². The van der Waals surface area contributed by atoms with Gasteiger partial charge in [0, 0.05) is 24.0 Å². The molecule has 4 heterocycles. The SMILES string of the molecule is Cc1ncc(-c2cc(C(=O)Nc3cccc(C4=NNNN4C(C)C)n3)ncc2C)s1. The number of hydrogen-bond acceptors (Lipinski definition) is 9. The molecule has 10 heteroatoms. The maximum absolute atomic E-state index is 12.8. The predicted octanol–water partition coefficient (Wildman–Crippen LogP) is 2.86. The molecule has 0 aromatic carbocycles. The number of aryl methyl sites for hydroxylation is 2. The maximum Gasteiger partial charge on any atom is 0.275 e. The van der Waals surface area contributed by atoms with Crippen molar-refractivity contribution in [2.45, 2.75) is 33.7 Å². The number of hydrogen-bond donors (Lipinski definition) is 3. The predicted molar refractivity (Wildman–Crippen MR) is 117 cm³/mol. The number of aromatic nitrogens is 3. The normalized spacial score (nSPS) is 13.4. The van der Waals surface area contributed by atoms with Crippen molar-refractivity contribution < 1.29 is 4.79 Å². The second-order valence-electron chi connectivity index (χ2n) is 7.11. The zero-order valence-electron chi connectivity index (χ0n) is 17.1. The van der Waals surface area contributed by atoms with Crippen LogP contribution in [0, 0.1) is 13.8 Å². The largest absolute Gasteiger partial charge is 0.305 e. The van der Waals surface area contributed by atoms with E-state index in [2.05, 4.69) is 36.4 Å². The van der Waals surface area contributed by atoms with Crippen LogP contribution in [0.2, 0.25) is 0 Å². The molecule has 0 bridgehead atoms. The molecular weight excluding hydrogens is 400 g/mol. The lowest BCUT2D eigenvalue weighted by Gasteiger charge is -2.22. The molecule has 3 N–H and O–H groups in total. The van der Waals surface area contributed by atoms with Crippen molar-refractivity contribution in [2.24, 2.45) is 5.10 Å². The Morgan fingerprint density at radius 2 is 2.03 bits per heavy atom. The fraction of sp³-hybridized carbons (Fsp3) is 0.250. The molecule has 0 saturated carbocycles. The van der Waals surface area contributed by atoms with E-state index in [9.17, 15) is 4.79 Å². The highest BCUT2D eigenvalue weighted by molar-refractivity contribution is 7.15. The highest BCUT2D eigenvalue weighted by atomic mass is 32.1. The van der Waals surface area contributed by atoms with E-state index in [0.717, 1.165) is 21.0 Å². The molecule has 154 valence electrons. The van der Waals surface area contributed by atoms with Gasteiger partial charge in [0.1, 0.15) is 17.2 Å². The van der Waals surface area contributed by atoms with Crippen molar-refractivity contribution in [1.82, 2.24) is 31.0 Å². The third-order valence-electron chi connectivity index (χ3n) is 4.52. The first-order chi connectivity index (χ1) is 14.4. The summed E-state index contributed by atoms with van der Waals surface area (Å²) in [6.45, 7) is 7.99. The van der Waals surface area contributed by atoms with Gasteiger partial charge in [0.15, 0.2) is 5.84 Å². The third kappa shape index (κ3) is 4.00. The lowest BCUT2D eigenvalue weighted by Crippen LogP contribution is -2.45. The van der Waals surface area contributed by atoms with Crippen molar-refractivity contribution in [1.29, 1.82) is 0 Å². The number of nitrogens with zero attached hydrogens (tertiary/aromatic N) is 5. The summed E-state index contributed by atoms with van der Waals surface area (Å²) in [4.78, 5) is 27.0. The molecule has 4 rings (SSSR count). The molecule has 0 aliphatic carbocycles. The van der Waals surface area contributed by atoms with Crippen molar-refractivity contribution >= 4 is 28.9 Å². The van der Waals surface area contributed by atoms with Gasteiger partial charge in [-0.15, -0.1) is 22.0 Å². The van der Waals surface area contributed by atoms with Gasteiger partial charge in [-0.05, 0) is 51.5 Å². The molecule has 0 unspecified atom stereocenters. The van der Waals surface area contributed by atoms with Crippen molar-refractivity contribution in [3.63, 3.8) is 0 Å². The van der Waals surface area contributed by atoms with E-state index in [1.165, 1.54) is 0 Å². The number of amidine groups is 1. The molecule has 0 spiro atoms.